The van der Waals surface area contributed by atoms with E-state index in [1.165, 1.54) is 54.2 Å². The summed E-state index contributed by atoms with van der Waals surface area (Å²) in [6, 6.07) is 43.9. The molecule has 2 aromatic heterocycles. The van der Waals surface area contributed by atoms with E-state index in [1.807, 2.05) is 24.4 Å². The van der Waals surface area contributed by atoms with Crippen molar-refractivity contribution in [1.29, 1.82) is 0 Å². The van der Waals surface area contributed by atoms with E-state index >= 15 is 0 Å². The Kier molecular flexibility index (Phi) is 4.26. The molecule has 0 N–H and O–H groups in total. The maximum Gasteiger partial charge on any atom is 0.137 e. The molecule has 37 heavy (non-hydrogen) atoms. The molecule has 0 atom stereocenters. The van der Waals surface area contributed by atoms with Crippen molar-refractivity contribution in [1.82, 2.24) is 9.38 Å². The molecule has 2 nitrogen and oxygen atoms in total. The smallest absolute Gasteiger partial charge is 0.137 e. The third-order valence-corrected chi connectivity index (χ3v) is 7.56. The molecule has 6 aromatic carbocycles. The number of benzene rings is 6. The number of pyridine rings is 1. The van der Waals surface area contributed by atoms with Crippen LogP contribution >= 0.6 is 0 Å². The van der Waals surface area contributed by atoms with E-state index in [4.69, 9.17) is 4.98 Å². The third kappa shape index (κ3) is 3.16. The van der Waals surface area contributed by atoms with E-state index in [2.05, 4.69) is 114 Å². The molecule has 0 bridgehead atoms. The van der Waals surface area contributed by atoms with Gasteiger partial charge >= 0.3 is 0 Å². The summed E-state index contributed by atoms with van der Waals surface area (Å²) in [5.41, 5.74) is 5.59. The molecule has 0 saturated heterocycles. The van der Waals surface area contributed by atoms with Gasteiger partial charge in [-0.3, -0.25) is 0 Å². The van der Waals surface area contributed by atoms with Gasteiger partial charge in [0, 0.05) is 18.0 Å². The fraction of sp³-hybridized carbons (Fsp3) is 0. The van der Waals surface area contributed by atoms with Gasteiger partial charge in [-0.15, -0.1) is 0 Å². The second-order valence-electron chi connectivity index (χ2n) is 9.72. The number of hydrogen-bond donors (Lipinski definition) is 0. The van der Waals surface area contributed by atoms with Gasteiger partial charge in [0.15, 0.2) is 0 Å². The highest BCUT2D eigenvalue weighted by Gasteiger charge is 2.12. The van der Waals surface area contributed by atoms with E-state index in [0.717, 1.165) is 16.9 Å². The summed E-state index contributed by atoms with van der Waals surface area (Å²) in [6.45, 7) is 0. The predicted molar refractivity (Wildman–Crippen MR) is 156 cm³/mol. The largest absolute Gasteiger partial charge is 0.306 e. The number of aromatic nitrogens is 2. The minimum absolute atomic E-state index is 0.962. The summed E-state index contributed by atoms with van der Waals surface area (Å²) < 4.78 is 2.07. The summed E-state index contributed by atoms with van der Waals surface area (Å²) >= 11 is 0. The Bertz CT molecular complexity index is 2120. The van der Waals surface area contributed by atoms with Gasteiger partial charge in [-0.25, -0.2) is 4.98 Å². The number of imidazole rings is 1. The summed E-state index contributed by atoms with van der Waals surface area (Å²) in [5.74, 6) is 0. The molecule has 0 radical (unpaired) electrons. The van der Waals surface area contributed by atoms with Gasteiger partial charge < -0.3 is 4.40 Å². The maximum atomic E-state index is 4.80. The fourth-order valence-corrected chi connectivity index (χ4v) is 5.76. The van der Waals surface area contributed by atoms with Gasteiger partial charge in [-0.1, -0.05) is 91.0 Å². The SMILES string of the molecule is c1ccc2c(c1)ccc1cc(-c3ccc4cc(-c5cn6ccccc6n5)ccc4c3)c3ccccc3c12. The van der Waals surface area contributed by atoms with E-state index in [9.17, 15) is 0 Å². The standard InChI is InChI=1S/C35H22N2/c1-2-8-29-23(7-1)12-17-28-21-32(30-9-3-4-10-31(30)35(28)29)26-15-13-25-20-27(16-14-24(25)19-26)33-22-37-18-6-5-11-34(37)36-33/h1-22H. The lowest BCUT2D eigenvalue weighted by Crippen LogP contribution is -1.87. The molecular formula is C35H22N2. The van der Waals surface area contributed by atoms with Crippen molar-refractivity contribution >= 4 is 48.7 Å². The molecule has 0 aliphatic carbocycles. The van der Waals surface area contributed by atoms with Crippen LogP contribution in [0.15, 0.2) is 134 Å². The Hall–Kier alpha value is -4.95. The zero-order chi connectivity index (χ0) is 24.3. The van der Waals surface area contributed by atoms with Crippen LogP contribution in [0, 0.1) is 0 Å². The predicted octanol–water partition coefficient (Wildman–Crippen LogP) is 9.28. The van der Waals surface area contributed by atoms with Crippen LogP contribution in [0.25, 0.3) is 71.1 Å². The minimum Gasteiger partial charge on any atom is -0.306 e. The van der Waals surface area contributed by atoms with Crippen LogP contribution in [0.3, 0.4) is 0 Å². The number of nitrogens with zero attached hydrogens (tertiary/aromatic N) is 2. The van der Waals surface area contributed by atoms with Crippen molar-refractivity contribution in [3.8, 4) is 22.4 Å². The van der Waals surface area contributed by atoms with Crippen LogP contribution < -0.4 is 0 Å². The van der Waals surface area contributed by atoms with Gasteiger partial charge in [-0.05, 0) is 84.5 Å². The van der Waals surface area contributed by atoms with E-state index < -0.39 is 0 Å². The van der Waals surface area contributed by atoms with Crippen molar-refractivity contribution in [3.05, 3.63) is 134 Å². The van der Waals surface area contributed by atoms with Crippen molar-refractivity contribution < 1.29 is 0 Å². The molecule has 0 fully saturated rings. The molecule has 2 heterocycles. The quantitative estimate of drug-likeness (QED) is 0.230. The van der Waals surface area contributed by atoms with Crippen LogP contribution in [0.1, 0.15) is 0 Å². The number of rotatable bonds is 2. The summed E-state index contributed by atoms with van der Waals surface area (Å²) in [4.78, 5) is 4.80. The van der Waals surface area contributed by atoms with Crippen LogP contribution in [-0.2, 0) is 0 Å². The van der Waals surface area contributed by atoms with Crippen LogP contribution in [0.2, 0.25) is 0 Å². The van der Waals surface area contributed by atoms with Crippen molar-refractivity contribution in [2.24, 2.45) is 0 Å². The Morgan fingerprint density at radius 1 is 0.486 bits per heavy atom. The highest BCUT2D eigenvalue weighted by atomic mass is 15.0. The third-order valence-electron chi connectivity index (χ3n) is 7.56. The Labute approximate surface area is 214 Å². The molecule has 0 spiro atoms. The van der Waals surface area contributed by atoms with Crippen molar-refractivity contribution in [3.63, 3.8) is 0 Å². The second-order valence-corrected chi connectivity index (χ2v) is 9.72. The second kappa shape index (κ2) is 7.78. The summed E-state index contributed by atoms with van der Waals surface area (Å²) in [7, 11) is 0. The average Bonchev–Trinajstić information content (AvgIpc) is 3.40. The minimum atomic E-state index is 0.962. The molecule has 2 heteroatoms. The molecular weight excluding hydrogens is 448 g/mol. The Morgan fingerprint density at radius 3 is 2.03 bits per heavy atom. The lowest BCUT2D eigenvalue weighted by Gasteiger charge is -2.14. The first kappa shape index (κ1) is 20.3. The Balaban J connectivity index is 1.31. The topological polar surface area (TPSA) is 17.3 Å². The van der Waals surface area contributed by atoms with Crippen LogP contribution in [0.5, 0.6) is 0 Å². The van der Waals surface area contributed by atoms with E-state index in [0.29, 0.717) is 0 Å². The lowest BCUT2D eigenvalue weighted by molar-refractivity contribution is 1.19. The normalized spacial score (nSPS) is 11.8. The number of hydrogen-bond acceptors (Lipinski definition) is 1. The first-order valence-corrected chi connectivity index (χ1v) is 12.6. The van der Waals surface area contributed by atoms with Gasteiger partial charge in [0.2, 0.25) is 0 Å². The summed E-state index contributed by atoms with van der Waals surface area (Å²) in [6.07, 6.45) is 4.13. The highest BCUT2D eigenvalue weighted by molar-refractivity contribution is 6.23. The molecule has 172 valence electrons. The molecule has 0 saturated carbocycles. The molecule has 0 aliphatic rings. The van der Waals surface area contributed by atoms with Gasteiger partial charge in [0.05, 0.1) is 5.69 Å². The van der Waals surface area contributed by atoms with E-state index in [-0.39, 0.29) is 0 Å². The summed E-state index contributed by atoms with van der Waals surface area (Å²) in [5, 5.41) is 10.2. The van der Waals surface area contributed by atoms with Crippen LogP contribution in [-0.4, -0.2) is 9.38 Å². The average molecular weight is 471 g/mol. The molecule has 0 unspecified atom stereocenters. The van der Waals surface area contributed by atoms with Crippen molar-refractivity contribution in [2.45, 2.75) is 0 Å². The monoisotopic (exact) mass is 470 g/mol. The first-order chi connectivity index (χ1) is 18.3. The van der Waals surface area contributed by atoms with E-state index in [1.54, 1.807) is 0 Å². The zero-order valence-corrected chi connectivity index (χ0v) is 20.1. The molecule has 0 aliphatic heterocycles. The van der Waals surface area contributed by atoms with Crippen LogP contribution in [0.4, 0.5) is 0 Å². The fourth-order valence-electron chi connectivity index (χ4n) is 5.76. The zero-order valence-electron chi connectivity index (χ0n) is 20.1. The Morgan fingerprint density at radius 2 is 1.16 bits per heavy atom. The molecule has 8 aromatic rings. The molecule has 0 amide bonds. The lowest BCUT2D eigenvalue weighted by atomic mass is 9.90. The van der Waals surface area contributed by atoms with Crippen molar-refractivity contribution in [2.75, 3.05) is 0 Å². The van der Waals surface area contributed by atoms with Gasteiger partial charge in [-0.2, -0.15) is 0 Å². The maximum absolute atomic E-state index is 4.80. The molecule has 8 rings (SSSR count). The number of fused-ring (bicyclic) bond motifs is 7. The van der Waals surface area contributed by atoms with Gasteiger partial charge in [0.25, 0.3) is 0 Å². The first-order valence-electron chi connectivity index (χ1n) is 12.6. The van der Waals surface area contributed by atoms with Gasteiger partial charge in [0.1, 0.15) is 5.65 Å². The highest BCUT2D eigenvalue weighted by Crippen LogP contribution is 2.39.